The zero-order chi connectivity index (χ0) is 22.3. The van der Waals surface area contributed by atoms with Gasteiger partial charge < -0.3 is 24.1 Å². The van der Waals surface area contributed by atoms with E-state index >= 15 is 0 Å². The summed E-state index contributed by atoms with van der Waals surface area (Å²) in [7, 11) is 0. The van der Waals surface area contributed by atoms with Crippen molar-refractivity contribution in [1.82, 2.24) is 0 Å². The normalized spacial score (nSPS) is 18.5. The molecule has 1 heterocycles. The molecule has 168 valence electrons. The molecule has 9 heteroatoms. The molecule has 2 aromatic rings. The minimum Gasteiger partial charge on any atom is -0.493 e. The topological polar surface area (TPSA) is 74.2 Å². The number of ether oxygens (including phenoxy) is 4. The molecule has 3 rings (SSSR count). The van der Waals surface area contributed by atoms with Crippen LogP contribution in [0.15, 0.2) is 48.5 Å². The highest BCUT2D eigenvalue weighted by molar-refractivity contribution is 5.78. The van der Waals surface area contributed by atoms with Crippen LogP contribution < -0.4 is 14.2 Å². The largest absolute Gasteiger partial charge is 0.573 e. The highest BCUT2D eigenvalue weighted by Crippen LogP contribution is 2.32. The van der Waals surface area contributed by atoms with E-state index in [9.17, 15) is 23.1 Å². The molecule has 6 nitrogen and oxygen atoms in total. The van der Waals surface area contributed by atoms with E-state index in [0.717, 1.165) is 5.56 Å². The number of hydrogen-bond donors (Lipinski definition) is 1. The van der Waals surface area contributed by atoms with Gasteiger partial charge in [0.25, 0.3) is 0 Å². The van der Waals surface area contributed by atoms with Gasteiger partial charge in [-0.1, -0.05) is 24.3 Å². The molecule has 1 aliphatic heterocycles. The summed E-state index contributed by atoms with van der Waals surface area (Å²) in [5, 5.41) is 9.53. The molecule has 0 amide bonds. The highest BCUT2D eigenvalue weighted by atomic mass is 19.4. The Labute approximate surface area is 177 Å². The van der Waals surface area contributed by atoms with Gasteiger partial charge >= 0.3 is 12.3 Å². The van der Waals surface area contributed by atoms with E-state index in [1.165, 1.54) is 18.2 Å². The molecule has 0 aliphatic carbocycles. The second-order valence-electron chi connectivity index (χ2n) is 7.12. The molecule has 1 aliphatic rings. The molecule has 31 heavy (non-hydrogen) atoms. The smallest absolute Gasteiger partial charge is 0.493 e. The fourth-order valence-electron chi connectivity index (χ4n) is 3.37. The van der Waals surface area contributed by atoms with E-state index < -0.39 is 23.7 Å². The average molecular weight is 440 g/mol. The first-order valence-corrected chi connectivity index (χ1v) is 9.84. The maximum absolute atomic E-state index is 12.4. The number of alkyl halides is 3. The minimum atomic E-state index is -4.80. The van der Waals surface area contributed by atoms with Gasteiger partial charge in [-0.15, -0.1) is 13.2 Å². The molecule has 0 spiro atoms. The van der Waals surface area contributed by atoms with Crippen LogP contribution in [0.3, 0.4) is 0 Å². The third kappa shape index (κ3) is 6.52. The molecule has 1 N–H and O–H groups in total. The van der Waals surface area contributed by atoms with Crippen molar-refractivity contribution < 1.29 is 42.0 Å². The molecule has 0 aromatic heterocycles. The molecule has 2 aromatic carbocycles. The lowest BCUT2D eigenvalue weighted by Crippen LogP contribution is -2.40. The number of para-hydroxylation sites is 2. The molecule has 0 bridgehead atoms. The molecule has 0 saturated carbocycles. The summed E-state index contributed by atoms with van der Waals surface area (Å²) in [6.07, 6.45) is -2.95. The third-order valence-electron chi connectivity index (χ3n) is 4.77. The van der Waals surface area contributed by atoms with Gasteiger partial charge in [0.15, 0.2) is 17.1 Å². The lowest BCUT2D eigenvalue weighted by atomic mass is 9.91. The quantitative estimate of drug-likeness (QED) is 0.544. The summed E-state index contributed by atoms with van der Waals surface area (Å²) >= 11 is 0. The van der Waals surface area contributed by atoms with Gasteiger partial charge in [-0.05, 0) is 42.7 Å². The van der Waals surface area contributed by atoms with Gasteiger partial charge in [0.1, 0.15) is 5.75 Å². The fourth-order valence-corrected chi connectivity index (χ4v) is 3.37. The van der Waals surface area contributed by atoms with Gasteiger partial charge in [-0.25, -0.2) is 4.79 Å². The van der Waals surface area contributed by atoms with Crippen LogP contribution in [0.5, 0.6) is 17.2 Å². The highest BCUT2D eigenvalue weighted by Gasteiger charge is 2.43. The maximum atomic E-state index is 12.4. The molecule has 1 atom stereocenters. The van der Waals surface area contributed by atoms with Gasteiger partial charge in [-0.3, -0.25) is 0 Å². The van der Waals surface area contributed by atoms with E-state index in [-0.39, 0.29) is 25.4 Å². The predicted molar refractivity (Wildman–Crippen MR) is 104 cm³/mol. The lowest BCUT2D eigenvalue weighted by Gasteiger charge is -2.23. The summed E-state index contributed by atoms with van der Waals surface area (Å²) in [4.78, 5) is 11.6. The van der Waals surface area contributed by atoms with Crippen LogP contribution in [0.2, 0.25) is 0 Å². The van der Waals surface area contributed by atoms with Gasteiger partial charge in [-0.2, -0.15) is 0 Å². The number of rotatable bonds is 10. The van der Waals surface area contributed by atoms with Crippen molar-refractivity contribution in [2.24, 2.45) is 0 Å². The molecule has 1 saturated heterocycles. The zero-order valence-electron chi connectivity index (χ0n) is 16.7. The van der Waals surface area contributed by atoms with Gasteiger partial charge in [0.2, 0.25) is 0 Å². The van der Waals surface area contributed by atoms with Crippen molar-refractivity contribution in [2.45, 2.75) is 37.6 Å². The van der Waals surface area contributed by atoms with Crippen molar-refractivity contribution in [2.75, 3.05) is 19.8 Å². The molecule has 1 unspecified atom stereocenters. The van der Waals surface area contributed by atoms with Crippen molar-refractivity contribution in [3.63, 3.8) is 0 Å². The second kappa shape index (κ2) is 9.91. The number of halogens is 3. The Balaban J connectivity index is 1.48. The SMILES string of the molecule is O=C(O)C1(Cc2cccc(OCCCOc3ccccc3OC(F)(F)F)c2)CCCO1. The van der Waals surface area contributed by atoms with Crippen LogP contribution in [0.1, 0.15) is 24.8 Å². The summed E-state index contributed by atoms with van der Waals surface area (Å²) in [5.74, 6) is -0.803. The third-order valence-corrected chi connectivity index (χ3v) is 4.77. The Hall–Kier alpha value is -2.94. The molecular weight excluding hydrogens is 417 g/mol. The zero-order valence-corrected chi connectivity index (χ0v) is 16.7. The second-order valence-corrected chi connectivity index (χ2v) is 7.12. The Morgan fingerprint density at radius 3 is 2.48 bits per heavy atom. The van der Waals surface area contributed by atoms with Crippen LogP contribution in [0, 0.1) is 0 Å². The van der Waals surface area contributed by atoms with Crippen LogP contribution in [0.25, 0.3) is 0 Å². The van der Waals surface area contributed by atoms with E-state index in [2.05, 4.69) is 4.74 Å². The van der Waals surface area contributed by atoms with Crippen LogP contribution >= 0.6 is 0 Å². The van der Waals surface area contributed by atoms with Crippen molar-refractivity contribution in [1.29, 1.82) is 0 Å². The molecular formula is C22H23F3O6. The Morgan fingerprint density at radius 1 is 1.06 bits per heavy atom. The predicted octanol–water partition coefficient (Wildman–Crippen LogP) is 4.61. The minimum absolute atomic E-state index is 0.00245. The van der Waals surface area contributed by atoms with Crippen LogP contribution in [0.4, 0.5) is 13.2 Å². The first-order valence-electron chi connectivity index (χ1n) is 9.84. The van der Waals surface area contributed by atoms with Crippen LogP contribution in [-0.2, 0) is 16.0 Å². The van der Waals surface area contributed by atoms with E-state index in [4.69, 9.17) is 14.2 Å². The van der Waals surface area contributed by atoms with Crippen molar-refractivity contribution >= 4 is 5.97 Å². The van der Waals surface area contributed by atoms with E-state index in [0.29, 0.717) is 31.6 Å². The number of hydrogen-bond acceptors (Lipinski definition) is 5. The number of carboxylic acids is 1. The fraction of sp³-hybridized carbons (Fsp3) is 0.409. The Morgan fingerprint density at radius 2 is 1.81 bits per heavy atom. The van der Waals surface area contributed by atoms with Crippen molar-refractivity contribution in [3.8, 4) is 17.2 Å². The van der Waals surface area contributed by atoms with Crippen LogP contribution in [-0.4, -0.2) is 42.9 Å². The summed E-state index contributed by atoms with van der Waals surface area (Å²) in [6, 6.07) is 12.7. The molecule has 0 radical (unpaired) electrons. The standard InChI is InChI=1S/C22H23F3O6/c23-22(24,25)31-19-9-2-1-8-18(19)29-12-5-11-28-17-7-3-6-16(14-17)15-21(20(26)27)10-4-13-30-21/h1-3,6-9,14H,4-5,10-13,15H2,(H,26,27). The Kier molecular flexibility index (Phi) is 7.27. The van der Waals surface area contributed by atoms with E-state index in [1.807, 2.05) is 6.07 Å². The summed E-state index contributed by atoms with van der Waals surface area (Å²) in [6.45, 7) is 0.833. The Bertz CT molecular complexity index is 878. The van der Waals surface area contributed by atoms with Gasteiger partial charge in [0.05, 0.1) is 13.2 Å². The maximum Gasteiger partial charge on any atom is 0.573 e. The summed E-state index contributed by atoms with van der Waals surface area (Å²) < 4.78 is 57.8. The number of carbonyl (C=O) groups is 1. The monoisotopic (exact) mass is 440 g/mol. The van der Waals surface area contributed by atoms with E-state index in [1.54, 1.807) is 24.3 Å². The average Bonchev–Trinajstić information content (AvgIpc) is 3.18. The first kappa shape index (κ1) is 22.7. The summed E-state index contributed by atoms with van der Waals surface area (Å²) in [5.41, 5.74) is -0.408. The first-order chi connectivity index (χ1) is 14.8. The number of carboxylic acid groups (broad SMARTS) is 1. The number of benzene rings is 2. The van der Waals surface area contributed by atoms with Gasteiger partial charge in [0, 0.05) is 19.4 Å². The lowest BCUT2D eigenvalue weighted by molar-refractivity contribution is -0.275. The molecule has 1 fully saturated rings. The van der Waals surface area contributed by atoms with Crippen molar-refractivity contribution in [3.05, 3.63) is 54.1 Å². The number of aliphatic carboxylic acids is 1.